The van der Waals surface area contributed by atoms with E-state index in [1.165, 1.54) is 38.1 Å². The SMILES string of the molecule is CCOC(=O)C1=NN(C2O[C@H](CO)[C@@H](OC3O[C@H](CO)[C@H](O)[C@H](O)[C@H]3O)[C@H](O)[C@H]2O)C(=O)C1N=Nc1ccc(N=NC2C(=O)N(C3O[C@H](CO)[C@@H](OC4O[C@H](CO)[C@H](O)[C@H](O)[C@H]4O)[C@H](O)[C@H]3O)N=C2C(=O)OCC)cc1. The maximum Gasteiger partial charge on any atom is 0.357 e. The summed E-state index contributed by atoms with van der Waals surface area (Å²) < 4.78 is 43.3. The Morgan fingerprint density at radius 2 is 0.842 bits per heavy atom. The minimum atomic E-state index is -2.11. The molecule has 0 bridgehead atoms. The molecule has 0 aromatic heterocycles. The van der Waals surface area contributed by atoms with Crippen LogP contribution in [0.4, 0.5) is 11.4 Å². The lowest BCUT2D eigenvalue weighted by Crippen LogP contribution is -2.66. The van der Waals surface area contributed by atoms with Gasteiger partial charge < -0.3 is 109 Å². The van der Waals surface area contributed by atoms with Gasteiger partial charge in [-0.1, -0.05) is 0 Å². The van der Waals surface area contributed by atoms with Gasteiger partial charge in [-0.3, -0.25) is 9.59 Å². The van der Waals surface area contributed by atoms with Gasteiger partial charge in [-0.2, -0.15) is 40.7 Å². The van der Waals surface area contributed by atoms with E-state index < -0.39 is 196 Å². The highest BCUT2D eigenvalue weighted by atomic mass is 16.7. The van der Waals surface area contributed by atoms with Crippen LogP contribution >= 0.6 is 0 Å². The molecule has 0 spiro atoms. The van der Waals surface area contributed by atoms with E-state index in [-0.39, 0.29) is 24.6 Å². The van der Waals surface area contributed by atoms with E-state index in [9.17, 15) is 90.7 Å². The summed E-state index contributed by atoms with van der Waals surface area (Å²) in [5.41, 5.74) is -1.26. The molecular weight excluding hydrogens is 1030 g/mol. The van der Waals surface area contributed by atoms with E-state index in [4.69, 9.17) is 37.9 Å². The van der Waals surface area contributed by atoms with Crippen LogP contribution in [0.2, 0.25) is 0 Å². The lowest BCUT2D eigenvalue weighted by molar-refractivity contribution is -0.347. The number of esters is 2. The van der Waals surface area contributed by atoms with Crippen molar-refractivity contribution in [2.45, 2.75) is 149 Å². The second kappa shape index (κ2) is 25.1. The van der Waals surface area contributed by atoms with Gasteiger partial charge in [0.1, 0.15) is 97.7 Å². The lowest BCUT2D eigenvalue weighted by atomic mass is 9.96. The number of ether oxygens (including phenoxy) is 8. The predicted octanol–water partition coefficient (Wildman–Crippen LogP) is -8.64. The average molecular weight is 1090 g/mol. The van der Waals surface area contributed by atoms with Gasteiger partial charge in [0.2, 0.25) is 12.1 Å². The van der Waals surface area contributed by atoms with E-state index >= 15 is 0 Å². The number of hydrogen-bond donors (Lipinski definition) is 14. The fourth-order valence-electron chi connectivity index (χ4n) is 8.59. The molecule has 34 nitrogen and oxygen atoms in total. The molecule has 34 heteroatoms. The smallest absolute Gasteiger partial charge is 0.357 e. The third-order valence-electron chi connectivity index (χ3n) is 12.7. The molecule has 7 rings (SSSR count). The molecule has 422 valence electrons. The van der Waals surface area contributed by atoms with Crippen LogP contribution in [0.25, 0.3) is 0 Å². The van der Waals surface area contributed by atoms with E-state index in [1.54, 1.807) is 0 Å². The molecule has 4 saturated heterocycles. The van der Waals surface area contributed by atoms with Gasteiger partial charge in [-0.15, -0.1) is 0 Å². The first-order valence-corrected chi connectivity index (χ1v) is 23.5. The zero-order valence-electron chi connectivity index (χ0n) is 40.0. The Balaban J connectivity index is 1.03. The summed E-state index contributed by atoms with van der Waals surface area (Å²) in [4.78, 5) is 53.9. The summed E-state index contributed by atoms with van der Waals surface area (Å²) in [7, 11) is 0. The molecule has 0 radical (unpaired) electrons. The van der Waals surface area contributed by atoms with Crippen molar-refractivity contribution in [3.8, 4) is 0 Å². The molecule has 1 aromatic rings. The molecule has 6 unspecified atom stereocenters. The second-order valence-electron chi connectivity index (χ2n) is 17.6. The number of aliphatic hydroxyl groups is 14. The Bertz CT molecular complexity index is 2170. The number of benzene rings is 1. The topological polar surface area (TPSA) is 506 Å². The Labute approximate surface area is 427 Å². The number of carbonyl (C=O) groups excluding carboxylic acids is 4. The zero-order valence-corrected chi connectivity index (χ0v) is 40.0. The largest absolute Gasteiger partial charge is 0.461 e. The average Bonchev–Trinajstić information content (AvgIpc) is 3.92. The first kappa shape index (κ1) is 58.5. The molecule has 22 atom stereocenters. The first-order chi connectivity index (χ1) is 36.2. The summed E-state index contributed by atoms with van der Waals surface area (Å²) in [6.07, 6.45) is -36.6. The lowest BCUT2D eigenvalue weighted by Gasteiger charge is -2.46. The minimum absolute atomic E-state index is 0.0115. The van der Waals surface area contributed by atoms with Crippen LogP contribution in [0, 0.1) is 0 Å². The van der Waals surface area contributed by atoms with Crippen molar-refractivity contribution < 1.29 is 129 Å². The van der Waals surface area contributed by atoms with Crippen molar-refractivity contribution in [3.05, 3.63) is 24.3 Å². The van der Waals surface area contributed by atoms with Gasteiger partial charge in [0.25, 0.3) is 11.8 Å². The molecule has 6 aliphatic heterocycles. The molecule has 2 amide bonds. The van der Waals surface area contributed by atoms with Crippen molar-refractivity contribution in [1.29, 1.82) is 0 Å². The van der Waals surface area contributed by atoms with Crippen LogP contribution in [-0.2, 0) is 57.1 Å². The molecular formula is C42H58N8O26. The number of hydrogen-bond acceptors (Lipinski definition) is 32. The van der Waals surface area contributed by atoms with Crippen molar-refractivity contribution >= 4 is 46.6 Å². The Morgan fingerprint density at radius 3 is 1.16 bits per heavy atom. The summed E-state index contributed by atoms with van der Waals surface area (Å²) in [5.74, 6) is -4.56. The fraction of sp³-hybridized carbons (Fsp3) is 0.714. The Hall–Kier alpha value is -5.16. The minimum Gasteiger partial charge on any atom is -0.461 e. The Morgan fingerprint density at radius 1 is 0.500 bits per heavy atom. The van der Waals surface area contributed by atoms with Gasteiger partial charge in [-0.25, -0.2) is 9.59 Å². The van der Waals surface area contributed by atoms with Crippen LogP contribution in [0.3, 0.4) is 0 Å². The fourth-order valence-corrected chi connectivity index (χ4v) is 8.59. The summed E-state index contributed by atoms with van der Waals surface area (Å²) in [6, 6.07) is 1.46. The van der Waals surface area contributed by atoms with Crippen LogP contribution in [0.15, 0.2) is 54.9 Å². The monoisotopic (exact) mass is 1090 g/mol. The highest BCUT2D eigenvalue weighted by Crippen LogP contribution is 2.35. The number of rotatable bonds is 18. The van der Waals surface area contributed by atoms with Crippen LogP contribution < -0.4 is 0 Å². The van der Waals surface area contributed by atoms with Crippen LogP contribution in [-0.4, -0.2) is 291 Å². The van der Waals surface area contributed by atoms with Crippen LogP contribution in [0.1, 0.15) is 13.8 Å². The van der Waals surface area contributed by atoms with Crippen molar-refractivity contribution in [1.82, 2.24) is 10.0 Å². The predicted molar refractivity (Wildman–Crippen MR) is 238 cm³/mol. The molecule has 76 heavy (non-hydrogen) atoms. The summed E-state index contributed by atoms with van der Waals surface area (Å²) in [5, 5.41) is 171. The van der Waals surface area contributed by atoms with E-state index in [1.807, 2.05) is 0 Å². The summed E-state index contributed by atoms with van der Waals surface area (Å²) >= 11 is 0. The van der Waals surface area contributed by atoms with Crippen molar-refractivity contribution in [3.63, 3.8) is 0 Å². The highest BCUT2D eigenvalue weighted by molar-refractivity contribution is 6.44. The zero-order chi connectivity index (χ0) is 55.4. The number of carbonyl (C=O) groups is 4. The van der Waals surface area contributed by atoms with Crippen molar-refractivity contribution in [2.24, 2.45) is 30.7 Å². The molecule has 0 aliphatic carbocycles. The number of amides is 2. The van der Waals surface area contributed by atoms with Gasteiger partial charge >= 0.3 is 11.9 Å². The number of azo groups is 2. The molecule has 0 saturated carbocycles. The Kier molecular flexibility index (Phi) is 19.3. The quantitative estimate of drug-likeness (QED) is 0.0479. The molecule has 6 aliphatic rings. The van der Waals surface area contributed by atoms with Crippen molar-refractivity contribution in [2.75, 3.05) is 39.6 Å². The van der Waals surface area contributed by atoms with E-state index in [0.717, 1.165) is 0 Å². The highest BCUT2D eigenvalue weighted by Gasteiger charge is 2.57. The van der Waals surface area contributed by atoms with Gasteiger partial charge in [0.05, 0.1) is 51.0 Å². The summed E-state index contributed by atoms with van der Waals surface area (Å²) in [6.45, 7) is -1.03. The molecule has 4 fully saturated rings. The number of aliphatic hydroxyl groups excluding tert-OH is 14. The van der Waals surface area contributed by atoms with Gasteiger partial charge in [-0.05, 0) is 38.1 Å². The van der Waals surface area contributed by atoms with E-state index in [2.05, 4.69) is 30.7 Å². The maximum absolute atomic E-state index is 13.9. The third-order valence-corrected chi connectivity index (χ3v) is 12.7. The maximum atomic E-state index is 13.9. The normalized spacial score (nSPS) is 40.2. The number of nitrogens with zero attached hydrogens (tertiary/aromatic N) is 8. The third kappa shape index (κ3) is 11.7. The standard InChI is InChI=1S/C42H58N8O26/c1-3-69-39(67)21-19(35(65)49(47-21)37-29(61)27(59)33(17(11-53)71-37)75-41-31(63)25(57)23(55)15(9-51)73-41)45-43-13-5-7-14(8-6-13)44-46-20-22(40(68)70-4-2)48-50(36(20)66)38-30(62)28(60)34(18(12-54)72-38)76-42-32(64)26(58)24(56)16(10-52)74-42/h5-8,15-20,23-34,37-38,41-42,51-64H,3-4,9-12H2,1-2H3/t15-,16-,17-,18-,19?,20?,23+,24+,25+,26+,27-,28-,29-,30-,31-,32-,33-,34-,37?,38?,41?,42?/m1/s1. The first-order valence-electron chi connectivity index (χ1n) is 23.5. The van der Waals surface area contributed by atoms with Crippen LogP contribution in [0.5, 0.6) is 0 Å². The molecule has 6 heterocycles. The van der Waals surface area contributed by atoms with Gasteiger partial charge in [0, 0.05) is 0 Å². The number of hydrazone groups is 2. The second-order valence-corrected chi connectivity index (χ2v) is 17.6. The molecule has 14 N–H and O–H groups in total. The van der Waals surface area contributed by atoms with Gasteiger partial charge in [0.15, 0.2) is 36.5 Å². The molecule has 1 aromatic carbocycles. The van der Waals surface area contributed by atoms with E-state index in [0.29, 0.717) is 10.0 Å².